The monoisotopic (exact) mass is 541 g/mol. The quantitative estimate of drug-likeness (QED) is 0.191. The maximum Gasteiger partial charge on any atom is 0.0870 e. The van der Waals surface area contributed by atoms with Crippen molar-refractivity contribution in [2.24, 2.45) is 5.92 Å². The van der Waals surface area contributed by atoms with Crippen molar-refractivity contribution in [3.8, 4) is 28.8 Å². The molecule has 1 unspecified atom stereocenters. The Morgan fingerprint density at radius 2 is 1.14 bits per heavy atom. The van der Waals surface area contributed by atoms with Crippen molar-refractivity contribution in [3.05, 3.63) is 162 Å². The van der Waals surface area contributed by atoms with E-state index in [0.717, 1.165) is 18.4 Å². The van der Waals surface area contributed by atoms with Crippen LogP contribution in [-0.4, -0.2) is 4.57 Å². The van der Waals surface area contributed by atoms with E-state index in [1.807, 2.05) is 0 Å². The molecule has 1 fully saturated rings. The maximum atomic E-state index is 4.06. The average Bonchev–Trinajstić information content (AvgIpc) is 3.43. The smallest absolute Gasteiger partial charge is 0.0870 e. The van der Waals surface area contributed by atoms with Gasteiger partial charge in [-0.3, -0.25) is 0 Å². The molecule has 0 amide bonds. The SMILES string of the molecule is C(#CC(c1ccccc1)(c1c(-c2ccccc2)n(-c2ccccc2)c2ccccc12)C1CCCCC1)c1ccccc1. The van der Waals surface area contributed by atoms with Gasteiger partial charge >= 0.3 is 0 Å². The molecule has 204 valence electrons. The lowest BCUT2D eigenvalue weighted by atomic mass is 9.61. The molecule has 0 radical (unpaired) electrons. The molecule has 42 heavy (non-hydrogen) atoms. The first-order valence-electron chi connectivity index (χ1n) is 15.2. The minimum atomic E-state index is -0.498. The summed E-state index contributed by atoms with van der Waals surface area (Å²) >= 11 is 0. The maximum absolute atomic E-state index is 4.06. The fraction of sp³-hybridized carbons (Fsp3) is 0.171. The molecular formula is C41H35N. The Hall–Kier alpha value is -4.80. The van der Waals surface area contributed by atoms with Gasteiger partial charge in [0.15, 0.2) is 0 Å². The summed E-state index contributed by atoms with van der Waals surface area (Å²) in [4.78, 5) is 0. The lowest BCUT2D eigenvalue weighted by Crippen LogP contribution is -2.37. The van der Waals surface area contributed by atoms with Crippen molar-refractivity contribution in [2.45, 2.75) is 37.5 Å². The van der Waals surface area contributed by atoms with Gasteiger partial charge in [0.1, 0.15) is 0 Å². The first-order chi connectivity index (χ1) is 20.9. The van der Waals surface area contributed by atoms with E-state index in [1.54, 1.807) is 0 Å². The van der Waals surface area contributed by atoms with Gasteiger partial charge in [0.05, 0.1) is 16.6 Å². The van der Waals surface area contributed by atoms with Crippen LogP contribution >= 0.6 is 0 Å². The van der Waals surface area contributed by atoms with E-state index in [1.165, 1.54) is 58.2 Å². The highest BCUT2D eigenvalue weighted by Gasteiger charge is 2.45. The highest BCUT2D eigenvalue weighted by atomic mass is 15.0. The Bertz CT molecular complexity index is 1830. The zero-order valence-corrected chi connectivity index (χ0v) is 23.9. The largest absolute Gasteiger partial charge is 0.309 e. The number of hydrogen-bond acceptors (Lipinski definition) is 0. The van der Waals surface area contributed by atoms with Gasteiger partial charge in [-0.2, -0.15) is 0 Å². The second kappa shape index (κ2) is 11.6. The molecule has 1 heterocycles. The Balaban J connectivity index is 1.67. The van der Waals surface area contributed by atoms with Crippen molar-refractivity contribution in [2.75, 3.05) is 0 Å². The van der Waals surface area contributed by atoms with Crippen LogP contribution in [0.5, 0.6) is 0 Å². The van der Waals surface area contributed by atoms with Crippen LogP contribution in [0.25, 0.3) is 27.8 Å². The van der Waals surface area contributed by atoms with E-state index in [9.17, 15) is 0 Å². The molecule has 0 saturated heterocycles. The summed E-state index contributed by atoms with van der Waals surface area (Å²) in [5, 5.41) is 1.27. The van der Waals surface area contributed by atoms with E-state index in [2.05, 4.69) is 162 Å². The summed E-state index contributed by atoms with van der Waals surface area (Å²) in [5.74, 6) is 8.16. The third-order valence-corrected chi connectivity index (χ3v) is 8.96. The van der Waals surface area contributed by atoms with Gasteiger partial charge in [-0.05, 0) is 60.2 Å². The van der Waals surface area contributed by atoms with Gasteiger partial charge in [-0.25, -0.2) is 0 Å². The van der Waals surface area contributed by atoms with Crippen molar-refractivity contribution in [3.63, 3.8) is 0 Å². The van der Waals surface area contributed by atoms with Crippen LogP contribution in [-0.2, 0) is 5.41 Å². The first-order valence-corrected chi connectivity index (χ1v) is 15.2. The average molecular weight is 542 g/mol. The standard InChI is InChI=1S/C41H35N/c1-6-18-32(19-7-1)30-31-41(34-22-10-3-11-23-34,35-24-12-4-13-25-35)39-37-28-16-17-29-38(37)42(36-26-14-5-15-27-36)40(39)33-20-8-2-9-21-33/h1-3,5-11,14-23,26-29,35H,4,12-13,24-25H2. The minimum Gasteiger partial charge on any atom is -0.309 e. The number of nitrogens with zero attached hydrogens (tertiary/aromatic N) is 1. The molecule has 1 saturated carbocycles. The van der Waals surface area contributed by atoms with Crippen LogP contribution in [0.1, 0.15) is 48.8 Å². The van der Waals surface area contributed by atoms with E-state index < -0.39 is 5.41 Å². The molecule has 1 nitrogen and oxygen atoms in total. The molecule has 1 aliphatic carbocycles. The van der Waals surface area contributed by atoms with Gasteiger partial charge in [0.2, 0.25) is 0 Å². The van der Waals surface area contributed by atoms with Crippen LogP contribution in [0, 0.1) is 17.8 Å². The molecule has 1 aliphatic rings. The Morgan fingerprint density at radius 3 is 1.83 bits per heavy atom. The normalized spacial score (nSPS) is 15.0. The second-order valence-corrected chi connectivity index (χ2v) is 11.4. The number of aromatic nitrogens is 1. The summed E-state index contributed by atoms with van der Waals surface area (Å²) in [5.41, 5.74) is 8.01. The van der Waals surface area contributed by atoms with Gasteiger partial charge < -0.3 is 4.57 Å². The summed E-state index contributed by atoms with van der Waals surface area (Å²) in [6.07, 6.45) is 6.11. The van der Waals surface area contributed by atoms with Crippen LogP contribution in [0.2, 0.25) is 0 Å². The molecular weight excluding hydrogens is 506 g/mol. The van der Waals surface area contributed by atoms with Crippen molar-refractivity contribution in [1.82, 2.24) is 4.57 Å². The summed E-state index contributed by atoms with van der Waals surface area (Å²) in [6, 6.07) is 52.4. The number of rotatable bonds is 5. The molecule has 0 spiro atoms. The predicted molar refractivity (Wildman–Crippen MR) is 176 cm³/mol. The molecule has 1 aromatic heterocycles. The molecule has 0 bridgehead atoms. The number of para-hydroxylation sites is 2. The summed E-state index contributed by atoms with van der Waals surface area (Å²) in [6.45, 7) is 0. The zero-order chi connectivity index (χ0) is 28.2. The third kappa shape index (κ3) is 4.64. The van der Waals surface area contributed by atoms with Crippen molar-refractivity contribution in [1.29, 1.82) is 0 Å². The van der Waals surface area contributed by atoms with Gasteiger partial charge in [0.25, 0.3) is 0 Å². The molecule has 0 aliphatic heterocycles. The molecule has 5 aromatic carbocycles. The molecule has 7 rings (SSSR count). The molecule has 6 aromatic rings. The van der Waals surface area contributed by atoms with Gasteiger partial charge in [-0.1, -0.05) is 146 Å². The van der Waals surface area contributed by atoms with E-state index in [0.29, 0.717) is 5.92 Å². The van der Waals surface area contributed by atoms with Crippen LogP contribution in [0.15, 0.2) is 146 Å². The van der Waals surface area contributed by atoms with Gasteiger partial charge in [0, 0.05) is 22.2 Å². The van der Waals surface area contributed by atoms with E-state index >= 15 is 0 Å². The topological polar surface area (TPSA) is 4.93 Å². The fourth-order valence-corrected chi connectivity index (χ4v) is 7.10. The number of fused-ring (bicyclic) bond motifs is 1. The molecule has 1 atom stereocenters. The molecule has 0 N–H and O–H groups in total. The van der Waals surface area contributed by atoms with Crippen LogP contribution < -0.4 is 0 Å². The van der Waals surface area contributed by atoms with Crippen LogP contribution in [0.4, 0.5) is 0 Å². The number of benzene rings is 5. The summed E-state index contributed by atoms with van der Waals surface area (Å²) < 4.78 is 2.48. The number of hydrogen-bond donors (Lipinski definition) is 0. The lowest BCUT2D eigenvalue weighted by Gasteiger charge is -2.41. The second-order valence-electron chi connectivity index (χ2n) is 11.4. The highest BCUT2D eigenvalue weighted by Crippen LogP contribution is 2.52. The fourth-order valence-electron chi connectivity index (χ4n) is 7.10. The lowest BCUT2D eigenvalue weighted by molar-refractivity contribution is 0.286. The minimum absolute atomic E-state index is 0.391. The van der Waals surface area contributed by atoms with Crippen molar-refractivity contribution >= 4 is 10.9 Å². The van der Waals surface area contributed by atoms with E-state index in [-0.39, 0.29) is 0 Å². The zero-order valence-electron chi connectivity index (χ0n) is 23.9. The van der Waals surface area contributed by atoms with Crippen molar-refractivity contribution < 1.29 is 0 Å². The molecule has 1 heteroatoms. The van der Waals surface area contributed by atoms with Gasteiger partial charge in [-0.15, -0.1) is 0 Å². The summed E-state index contributed by atoms with van der Waals surface area (Å²) in [7, 11) is 0. The third-order valence-electron chi connectivity index (χ3n) is 8.96. The first kappa shape index (κ1) is 26.1. The Labute approximate surface area is 249 Å². The predicted octanol–water partition coefficient (Wildman–Crippen LogP) is 10.2. The van der Waals surface area contributed by atoms with Crippen LogP contribution in [0.3, 0.4) is 0 Å². The Kier molecular flexibility index (Phi) is 7.21. The Morgan fingerprint density at radius 1 is 0.571 bits per heavy atom. The van der Waals surface area contributed by atoms with E-state index in [4.69, 9.17) is 0 Å². The highest BCUT2D eigenvalue weighted by molar-refractivity contribution is 5.96.